The molecule has 58 valence electrons. The fourth-order valence-electron chi connectivity index (χ4n) is 2.39. The summed E-state index contributed by atoms with van der Waals surface area (Å²) in [7, 11) is 0. The Morgan fingerprint density at radius 2 is 2.45 bits per heavy atom. The molecule has 0 amide bonds. The largest absolute Gasteiger partial charge is 0.324 e. The molecule has 0 aromatic carbocycles. The van der Waals surface area contributed by atoms with Crippen LogP contribution >= 0.6 is 11.3 Å². The number of hydrogen-bond donors (Lipinski definition) is 1. The van der Waals surface area contributed by atoms with E-state index in [0.717, 1.165) is 5.92 Å². The minimum Gasteiger partial charge on any atom is -0.324 e. The topological polar surface area (TPSA) is 38.9 Å². The van der Waals surface area contributed by atoms with Crippen molar-refractivity contribution in [3.63, 3.8) is 0 Å². The van der Waals surface area contributed by atoms with Crippen molar-refractivity contribution in [2.75, 3.05) is 0 Å². The van der Waals surface area contributed by atoms with E-state index < -0.39 is 0 Å². The minimum atomic E-state index is 0.155. The third kappa shape index (κ3) is 0.590. The highest BCUT2D eigenvalue weighted by atomic mass is 32.1. The molecule has 3 saturated carbocycles. The summed E-state index contributed by atoms with van der Waals surface area (Å²) in [6.07, 6.45) is 4.34. The van der Waals surface area contributed by atoms with Crippen LogP contribution < -0.4 is 5.73 Å². The molecule has 1 aromatic heterocycles. The quantitative estimate of drug-likeness (QED) is 0.684. The first-order chi connectivity index (χ1) is 5.30. The summed E-state index contributed by atoms with van der Waals surface area (Å²) in [5, 5.41) is 3.30. The van der Waals surface area contributed by atoms with Gasteiger partial charge >= 0.3 is 0 Å². The van der Waals surface area contributed by atoms with E-state index in [1.54, 1.807) is 11.3 Å². The second-order valence-electron chi connectivity index (χ2n) is 3.75. The first-order valence-electron chi connectivity index (χ1n) is 3.98. The Hall–Kier alpha value is -0.410. The van der Waals surface area contributed by atoms with Gasteiger partial charge < -0.3 is 5.73 Å². The Kier molecular flexibility index (Phi) is 0.932. The van der Waals surface area contributed by atoms with Gasteiger partial charge in [0.05, 0.1) is 5.01 Å². The maximum Gasteiger partial charge on any atom is 0.0977 e. The maximum atomic E-state index is 6.09. The van der Waals surface area contributed by atoms with Crippen molar-refractivity contribution in [3.8, 4) is 0 Å². The normalized spacial score (nSPS) is 46.3. The molecule has 0 aliphatic heterocycles. The van der Waals surface area contributed by atoms with Crippen molar-refractivity contribution in [1.82, 2.24) is 4.98 Å². The highest BCUT2D eigenvalue weighted by molar-refractivity contribution is 7.09. The van der Waals surface area contributed by atoms with Gasteiger partial charge in [0.25, 0.3) is 0 Å². The molecule has 1 unspecified atom stereocenters. The van der Waals surface area contributed by atoms with Gasteiger partial charge in [-0.25, -0.2) is 4.98 Å². The summed E-state index contributed by atoms with van der Waals surface area (Å²) < 4.78 is 0. The van der Waals surface area contributed by atoms with Crippen molar-refractivity contribution in [2.24, 2.45) is 11.7 Å². The minimum absolute atomic E-state index is 0.155. The molecule has 11 heavy (non-hydrogen) atoms. The van der Waals surface area contributed by atoms with E-state index in [1.165, 1.54) is 17.8 Å². The third-order valence-corrected chi connectivity index (χ3v) is 3.95. The van der Waals surface area contributed by atoms with Gasteiger partial charge in [-0.05, 0) is 18.8 Å². The van der Waals surface area contributed by atoms with Crippen LogP contribution in [0.25, 0.3) is 0 Å². The molecule has 0 radical (unpaired) electrons. The summed E-state index contributed by atoms with van der Waals surface area (Å²) in [6.45, 7) is 0. The van der Waals surface area contributed by atoms with Crippen LogP contribution in [0.2, 0.25) is 0 Å². The van der Waals surface area contributed by atoms with Crippen LogP contribution in [-0.4, -0.2) is 10.5 Å². The third-order valence-electron chi connectivity index (χ3n) is 3.09. The Balaban J connectivity index is 1.93. The van der Waals surface area contributed by atoms with Crippen LogP contribution in [0.5, 0.6) is 0 Å². The molecule has 1 aromatic rings. The SMILES string of the molecule is NC12CC(C1)C2c1nccs1. The summed E-state index contributed by atoms with van der Waals surface area (Å²) in [6, 6.07) is 0. The predicted octanol–water partition coefficient (Wildman–Crippen LogP) is 1.35. The highest BCUT2D eigenvalue weighted by Crippen LogP contribution is 2.65. The molecule has 1 heterocycles. The van der Waals surface area contributed by atoms with E-state index in [1.807, 2.05) is 11.6 Å². The molecular weight excluding hydrogens is 156 g/mol. The molecule has 3 aliphatic carbocycles. The predicted molar refractivity (Wildman–Crippen MR) is 44.5 cm³/mol. The molecule has 2 nitrogen and oxygen atoms in total. The van der Waals surface area contributed by atoms with Crippen LogP contribution in [0.1, 0.15) is 23.8 Å². The monoisotopic (exact) mass is 166 g/mol. The van der Waals surface area contributed by atoms with E-state index in [-0.39, 0.29) is 5.54 Å². The second kappa shape index (κ2) is 1.67. The van der Waals surface area contributed by atoms with E-state index in [9.17, 15) is 0 Å². The lowest BCUT2D eigenvalue weighted by Crippen LogP contribution is -2.70. The zero-order valence-electron chi connectivity index (χ0n) is 6.16. The second-order valence-corrected chi connectivity index (χ2v) is 4.68. The smallest absolute Gasteiger partial charge is 0.0977 e. The van der Waals surface area contributed by atoms with Gasteiger partial charge in [-0.2, -0.15) is 0 Å². The van der Waals surface area contributed by atoms with Crippen molar-refractivity contribution < 1.29 is 0 Å². The lowest BCUT2D eigenvalue weighted by Gasteiger charge is -2.65. The number of nitrogens with zero attached hydrogens (tertiary/aromatic N) is 1. The van der Waals surface area contributed by atoms with Gasteiger partial charge in [-0.3, -0.25) is 0 Å². The first-order valence-corrected chi connectivity index (χ1v) is 4.86. The molecule has 4 rings (SSSR count). The molecule has 0 spiro atoms. The van der Waals surface area contributed by atoms with Gasteiger partial charge in [0.15, 0.2) is 0 Å². The van der Waals surface area contributed by atoms with Crippen LogP contribution in [0.3, 0.4) is 0 Å². The number of hydrogen-bond acceptors (Lipinski definition) is 3. The van der Waals surface area contributed by atoms with Crippen LogP contribution in [-0.2, 0) is 0 Å². The Morgan fingerprint density at radius 3 is 2.82 bits per heavy atom. The Bertz CT molecular complexity index is 274. The number of thiazole rings is 1. The average molecular weight is 166 g/mol. The summed E-state index contributed by atoms with van der Waals surface area (Å²) in [4.78, 5) is 4.30. The van der Waals surface area contributed by atoms with Gasteiger partial charge in [0.2, 0.25) is 0 Å². The van der Waals surface area contributed by atoms with Gasteiger partial charge in [-0.15, -0.1) is 11.3 Å². The maximum absolute atomic E-state index is 6.09. The van der Waals surface area contributed by atoms with Crippen molar-refractivity contribution >= 4 is 11.3 Å². The zero-order valence-corrected chi connectivity index (χ0v) is 6.97. The molecule has 2 bridgehead atoms. The fourth-order valence-corrected chi connectivity index (χ4v) is 3.35. The standard InChI is InChI=1S/C8H10N2S/c9-8-3-5(4-8)6(8)7-10-1-2-11-7/h1-2,5-6H,3-4,9H2. The number of nitrogens with two attached hydrogens (primary N) is 1. The van der Waals surface area contributed by atoms with Crippen LogP contribution in [0.4, 0.5) is 0 Å². The molecule has 1 atom stereocenters. The molecule has 3 heteroatoms. The Labute approximate surface area is 69.4 Å². The average Bonchev–Trinajstić information content (AvgIpc) is 2.34. The van der Waals surface area contributed by atoms with Crippen molar-refractivity contribution in [2.45, 2.75) is 24.3 Å². The lowest BCUT2D eigenvalue weighted by molar-refractivity contribution is -0.0565. The molecule has 3 aliphatic rings. The van der Waals surface area contributed by atoms with Gasteiger partial charge in [0, 0.05) is 23.0 Å². The summed E-state index contributed by atoms with van der Waals surface area (Å²) in [5.74, 6) is 1.48. The van der Waals surface area contributed by atoms with E-state index in [0.29, 0.717) is 5.92 Å². The van der Waals surface area contributed by atoms with Crippen LogP contribution in [0.15, 0.2) is 11.6 Å². The number of aromatic nitrogens is 1. The molecule has 2 N–H and O–H groups in total. The van der Waals surface area contributed by atoms with Gasteiger partial charge in [-0.1, -0.05) is 0 Å². The van der Waals surface area contributed by atoms with E-state index >= 15 is 0 Å². The van der Waals surface area contributed by atoms with Crippen LogP contribution in [0, 0.1) is 5.92 Å². The van der Waals surface area contributed by atoms with Crippen molar-refractivity contribution in [1.29, 1.82) is 0 Å². The lowest BCUT2D eigenvalue weighted by atomic mass is 9.43. The summed E-state index contributed by atoms with van der Waals surface area (Å²) in [5.41, 5.74) is 6.24. The first kappa shape index (κ1) is 6.14. The molecular formula is C8H10N2S. The van der Waals surface area contributed by atoms with Crippen molar-refractivity contribution in [3.05, 3.63) is 16.6 Å². The highest BCUT2D eigenvalue weighted by Gasteiger charge is 2.64. The zero-order chi connectivity index (χ0) is 7.47. The summed E-state index contributed by atoms with van der Waals surface area (Å²) >= 11 is 1.75. The fraction of sp³-hybridized carbons (Fsp3) is 0.625. The van der Waals surface area contributed by atoms with E-state index in [4.69, 9.17) is 5.73 Å². The van der Waals surface area contributed by atoms with E-state index in [2.05, 4.69) is 4.98 Å². The molecule has 0 saturated heterocycles. The Morgan fingerprint density at radius 1 is 1.64 bits per heavy atom. The van der Waals surface area contributed by atoms with Gasteiger partial charge in [0.1, 0.15) is 0 Å². The molecule has 3 fully saturated rings. The number of rotatable bonds is 1.